The molecule has 0 saturated carbocycles. The lowest BCUT2D eigenvalue weighted by atomic mass is 10.2. The molecule has 1 fully saturated rings. The number of rotatable bonds is 7. The van der Waals surface area contributed by atoms with Gasteiger partial charge in [-0.05, 0) is 42.0 Å². The molecular weight excluding hydrogens is 566 g/mol. The lowest BCUT2D eigenvalue weighted by molar-refractivity contribution is -0.275. The Balaban J connectivity index is 1.53. The fourth-order valence-electron chi connectivity index (χ4n) is 4.03. The van der Waals surface area contributed by atoms with Crippen LogP contribution in [0.5, 0.6) is 5.75 Å². The lowest BCUT2D eigenvalue weighted by Crippen LogP contribution is -2.36. The van der Waals surface area contributed by atoms with E-state index in [1.807, 2.05) is 4.90 Å². The van der Waals surface area contributed by atoms with Gasteiger partial charge in [0, 0.05) is 25.5 Å². The van der Waals surface area contributed by atoms with Crippen LogP contribution in [0.1, 0.15) is 5.56 Å². The van der Waals surface area contributed by atoms with E-state index < -0.39 is 34.5 Å². The Morgan fingerprint density at radius 3 is 2.51 bits per heavy atom. The quantitative estimate of drug-likeness (QED) is 0.292. The second kappa shape index (κ2) is 10.5. The summed E-state index contributed by atoms with van der Waals surface area (Å²) in [5.41, 5.74) is 0.371. The number of anilines is 2. The second-order valence-corrected chi connectivity index (χ2v) is 10.7. The molecule has 0 unspecified atom stereocenters. The summed E-state index contributed by atoms with van der Waals surface area (Å²) in [7, 11) is -4.39. The van der Waals surface area contributed by atoms with Crippen molar-refractivity contribution >= 4 is 38.9 Å². The number of pyridine rings is 2. The Morgan fingerprint density at radius 1 is 1.10 bits per heavy atom. The zero-order chi connectivity index (χ0) is 27.8. The number of imidazole rings is 1. The Hall–Kier alpha value is -3.62. The van der Waals surface area contributed by atoms with Crippen LogP contribution in [-0.4, -0.2) is 55.5 Å². The summed E-state index contributed by atoms with van der Waals surface area (Å²) in [5, 5.41) is -0.0374. The summed E-state index contributed by atoms with van der Waals surface area (Å²) in [6, 6.07) is 10.6. The maximum absolute atomic E-state index is 14.5. The van der Waals surface area contributed by atoms with E-state index in [0.29, 0.717) is 37.8 Å². The first-order valence-corrected chi connectivity index (χ1v) is 13.3. The van der Waals surface area contributed by atoms with Gasteiger partial charge in [-0.2, -0.15) is 0 Å². The summed E-state index contributed by atoms with van der Waals surface area (Å²) in [5.74, 6) is -1.96. The van der Waals surface area contributed by atoms with E-state index in [9.17, 15) is 26.0 Å². The molecule has 39 heavy (non-hydrogen) atoms. The predicted octanol–water partition coefficient (Wildman–Crippen LogP) is 4.65. The van der Waals surface area contributed by atoms with Crippen LogP contribution in [-0.2, 0) is 21.3 Å². The molecule has 0 amide bonds. The average Bonchev–Trinajstić information content (AvgIpc) is 3.24. The molecule has 0 N–H and O–H groups in total. The minimum atomic E-state index is -5.10. The first-order chi connectivity index (χ1) is 18.5. The molecule has 3 aromatic heterocycles. The van der Waals surface area contributed by atoms with Crippen molar-refractivity contribution in [3.05, 3.63) is 77.5 Å². The van der Waals surface area contributed by atoms with E-state index in [4.69, 9.17) is 16.3 Å². The summed E-state index contributed by atoms with van der Waals surface area (Å²) >= 11 is 6.51. The van der Waals surface area contributed by atoms with Crippen LogP contribution < -0.4 is 13.9 Å². The fourth-order valence-corrected chi connectivity index (χ4v) is 5.73. The Kier molecular flexibility index (Phi) is 7.27. The molecule has 15 heteroatoms. The molecule has 0 atom stereocenters. The number of benzene rings is 1. The van der Waals surface area contributed by atoms with Gasteiger partial charge in [-0.3, -0.25) is 4.40 Å². The van der Waals surface area contributed by atoms with Crippen LogP contribution in [0.15, 0.2) is 65.8 Å². The highest BCUT2D eigenvalue weighted by atomic mass is 35.5. The van der Waals surface area contributed by atoms with Gasteiger partial charge >= 0.3 is 6.36 Å². The number of halogens is 5. The first kappa shape index (κ1) is 27.0. The number of hydrogen-bond donors (Lipinski definition) is 0. The van der Waals surface area contributed by atoms with Crippen molar-refractivity contribution in [3.63, 3.8) is 0 Å². The molecule has 0 bridgehead atoms. The van der Waals surface area contributed by atoms with Crippen LogP contribution in [0.3, 0.4) is 0 Å². The van der Waals surface area contributed by atoms with Crippen LogP contribution in [0.4, 0.5) is 29.2 Å². The number of ether oxygens (including phenoxy) is 2. The third kappa shape index (κ3) is 5.72. The molecule has 4 aromatic rings. The molecule has 0 spiro atoms. The van der Waals surface area contributed by atoms with Gasteiger partial charge < -0.3 is 14.4 Å². The van der Waals surface area contributed by atoms with Gasteiger partial charge in [0.1, 0.15) is 16.4 Å². The van der Waals surface area contributed by atoms with Crippen molar-refractivity contribution in [2.24, 2.45) is 0 Å². The number of aromatic nitrogens is 3. The summed E-state index contributed by atoms with van der Waals surface area (Å²) in [4.78, 5) is 10.4. The van der Waals surface area contributed by atoms with E-state index in [-0.39, 0.29) is 21.4 Å². The predicted molar refractivity (Wildman–Crippen MR) is 134 cm³/mol. The average molecular weight is 586 g/mol. The van der Waals surface area contributed by atoms with Gasteiger partial charge in [0.25, 0.3) is 10.0 Å². The third-order valence-electron chi connectivity index (χ3n) is 5.88. The fraction of sp³-hybridized carbons (Fsp3) is 0.250. The summed E-state index contributed by atoms with van der Waals surface area (Å²) < 4.78 is 91.2. The molecular formula is C24H20ClF4N5O4S. The van der Waals surface area contributed by atoms with Crippen LogP contribution >= 0.6 is 11.6 Å². The highest BCUT2D eigenvalue weighted by Gasteiger charge is 2.33. The number of sulfonamides is 1. The monoisotopic (exact) mass is 585 g/mol. The molecule has 0 aliphatic carbocycles. The van der Waals surface area contributed by atoms with E-state index in [1.54, 1.807) is 30.5 Å². The van der Waals surface area contributed by atoms with Crippen LogP contribution in [0, 0.1) is 5.82 Å². The molecule has 1 saturated heterocycles. The van der Waals surface area contributed by atoms with Crippen molar-refractivity contribution in [2.45, 2.75) is 17.8 Å². The summed E-state index contributed by atoms with van der Waals surface area (Å²) in [6.07, 6.45) is -2.32. The van der Waals surface area contributed by atoms with Crippen molar-refractivity contribution in [1.82, 2.24) is 14.4 Å². The van der Waals surface area contributed by atoms with Gasteiger partial charge in [-0.15, -0.1) is 13.2 Å². The molecule has 0 radical (unpaired) electrons. The van der Waals surface area contributed by atoms with Crippen LogP contribution in [0.25, 0.3) is 5.65 Å². The van der Waals surface area contributed by atoms with Gasteiger partial charge in [-0.1, -0.05) is 23.7 Å². The highest BCUT2D eigenvalue weighted by molar-refractivity contribution is 7.92. The number of alkyl halides is 3. The SMILES string of the molecule is O=S(=O)(c1ccc(N2CCOCC2)nc1)N(Cc1ccc(OC(F)(F)F)c(F)c1)c1nc2ccccn2c1Cl. The maximum atomic E-state index is 14.5. The molecule has 1 aromatic carbocycles. The molecule has 5 rings (SSSR count). The lowest BCUT2D eigenvalue weighted by Gasteiger charge is -2.28. The minimum Gasteiger partial charge on any atom is -0.403 e. The third-order valence-corrected chi connectivity index (χ3v) is 7.95. The number of hydrogen-bond acceptors (Lipinski definition) is 7. The van der Waals surface area contributed by atoms with E-state index in [0.717, 1.165) is 22.5 Å². The zero-order valence-electron chi connectivity index (χ0n) is 20.0. The van der Waals surface area contributed by atoms with Crippen molar-refractivity contribution in [3.8, 4) is 5.75 Å². The largest absolute Gasteiger partial charge is 0.573 e. The molecule has 4 heterocycles. The standard InChI is InChI=1S/C24H20ClF4N5O4S/c25-22-23(31-21-3-1-2-8-33(21)22)34(15-16-4-6-19(18(26)13-16)38-24(27,28)29)39(35,36)17-5-7-20(30-14-17)32-9-11-37-12-10-32/h1-8,13-14H,9-12,15H2. The minimum absolute atomic E-state index is 0.0246. The normalized spacial score (nSPS) is 14.5. The highest BCUT2D eigenvalue weighted by Crippen LogP contribution is 2.34. The number of fused-ring (bicyclic) bond motifs is 1. The number of nitrogens with zero attached hydrogens (tertiary/aromatic N) is 5. The molecule has 1 aliphatic rings. The molecule has 206 valence electrons. The first-order valence-electron chi connectivity index (χ1n) is 11.5. The van der Waals surface area contributed by atoms with E-state index in [1.165, 1.54) is 16.7 Å². The topological polar surface area (TPSA) is 89.3 Å². The van der Waals surface area contributed by atoms with E-state index in [2.05, 4.69) is 14.7 Å². The Morgan fingerprint density at radius 2 is 1.87 bits per heavy atom. The number of morpholine rings is 1. The van der Waals surface area contributed by atoms with Gasteiger partial charge in [0.2, 0.25) is 0 Å². The molecule has 9 nitrogen and oxygen atoms in total. The Bertz CT molecular complexity index is 1590. The molecule has 1 aliphatic heterocycles. The second-order valence-electron chi connectivity index (χ2n) is 8.43. The van der Waals surface area contributed by atoms with Gasteiger partial charge in [-0.25, -0.2) is 27.1 Å². The van der Waals surface area contributed by atoms with Gasteiger partial charge in [0.15, 0.2) is 22.5 Å². The Labute approximate surface area is 225 Å². The van der Waals surface area contributed by atoms with Crippen LogP contribution in [0.2, 0.25) is 5.15 Å². The van der Waals surface area contributed by atoms with E-state index >= 15 is 0 Å². The zero-order valence-corrected chi connectivity index (χ0v) is 21.5. The smallest absolute Gasteiger partial charge is 0.403 e. The van der Waals surface area contributed by atoms with Crippen molar-refractivity contribution in [2.75, 3.05) is 35.5 Å². The maximum Gasteiger partial charge on any atom is 0.573 e. The van der Waals surface area contributed by atoms with Crippen molar-refractivity contribution in [1.29, 1.82) is 0 Å². The van der Waals surface area contributed by atoms with Crippen molar-refractivity contribution < 1.29 is 35.5 Å². The summed E-state index contributed by atoms with van der Waals surface area (Å²) in [6.45, 7) is 1.74. The van der Waals surface area contributed by atoms with Gasteiger partial charge in [0.05, 0.1) is 19.8 Å².